The predicted octanol–water partition coefficient (Wildman–Crippen LogP) is 4.62. The number of H-pyrrole nitrogens is 1. The number of carbonyl (C=O) groups is 1. The second-order valence-electron chi connectivity index (χ2n) is 8.05. The summed E-state index contributed by atoms with van der Waals surface area (Å²) in [4.78, 5) is 22.4. The Balaban J connectivity index is 1.61. The van der Waals surface area contributed by atoms with Gasteiger partial charge in [0.2, 0.25) is 0 Å². The number of aromatic amines is 1. The molecule has 1 aromatic rings. The average molecular weight is 417 g/mol. The van der Waals surface area contributed by atoms with Crippen molar-refractivity contribution in [2.75, 3.05) is 13.1 Å². The van der Waals surface area contributed by atoms with Crippen molar-refractivity contribution in [1.82, 2.24) is 20.2 Å². The quantitative estimate of drug-likeness (QED) is 0.680. The standard InChI is InChI=1S/C23H33FN4O2/c1-5-19-10-11-20(30-19)14-25-17-8-7-9-18(13-17)28(6-2)23(29)22-26-16(4)21(27-22)12-15(3)24/h5,11-12,17-18,25H,6-10,13-14H2,1-4H3,(H,26,27)/b15-12+,19-5+. The van der Waals surface area contributed by atoms with Crippen LogP contribution in [0.2, 0.25) is 0 Å². The van der Waals surface area contributed by atoms with Crippen LogP contribution in [0, 0.1) is 6.92 Å². The number of imidazole rings is 1. The SMILES string of the molecule is C/C=C1\CC=C(CNC2CCCC(N(CC)C(=O)c3nc(/C=C(\C)F)c(C)[nH]3)C2)O1. The molecule has 7 heteroatoms. The first-order valence-electron chi connectivity index (χ1n) is 10.9. The third-order valence-electron chi connectivity index (χ3n) is 5.83. The van der Waals surface area contributed by atoms with Crippen LogP contribution in [0.5, 0.6) is 0 Å². The maximum atomic E-state index is 13.3. The Morgan fingerprint density at radius 2 is 2.27 bits per heavy atom. The van der Waals surface area contributed by atoms with Crippen molar-refractivity contribution in [3.05, 3.63) is 46.7 Å². The van der Waals surface area contributed by atoms with Gasteiger partial charge in [-0.2, -0.15) is 0 Å². The topological polar surface area (TPSA) is 70.2 Å². The summed E-state index contributed by atoms with van der Waals surface area (Å²) in [7, 11) is 0. The van der Waals surface area contributed by atoms with E-state index in [9.17, 15) is 9.18 Å². The number of allylic oxidation sites excluding steroid dienone is 3. The minimum absolute atomic E-state index is 0.123. The van der Waals surface area contributed by atoms with Gasteiger partial charge in [-0.1, -0.05) is 0 Å². The van der Waals surface area contributed by atoms with E-state index in [-0.39, 0.29) is 23.6 Å². The van der Waals surface area contributed by atoms with E-state index in [0.29, 0.717) is 30.5 Å². The van der Waals surface area contributed by atoms with Gasteiger partial charge in [0.15, 0.2) is 5.82 Å². The summed E-state index contributed by atoms with van der Waals surface area (Å²) < 4.78 is 19.0. The number of hydrogen-bond donors (Lipinski definition) is 2. The van der Waals surface area contributed by atoms with Crippen molar-refractivity contribution in [3.8, 4) is 0 Å². The van der Waals surface area contributed by atoms with E-state index in [4.69, 9.17) is 4.74 Å². The number of amides is 1. The largest absolute Gasteiger partial charge is 0.465 e. The van der Waals surface area contributed by atoms with Crippen molar-refractivity contribution in [2.45, 2.75) is 71.9 Å². The van der Waals surface area contributed by atoms with Gasteiger partial charge in [0.05, 0.1) is 18.1 Å². The van der Waals surface area contributed by atoms with E-state index in [1.54, 1.807) is 6.92 Å². The third kappa shape index (κ3) is 5.39. The smallest absolute Gasteiger partial charge is 0.289 e. The Hall–Kier alpha value is -2.41. The predicted molar refractivity (Wildman–Crippen MR) is 116 cm³/mol. The van der Waals surface area contributed by atoms with Gasteiger partial charge < -0.3 is 19.9 Å². The molecule has 1 saturated carbocycles. The highest BCUT2D eigenvalue weighted by molar-refractivity contribution is 5.91. The summed E-state index contributed by atoms with van der Waals surface area (Å²) in [6, 6.07) is 0.501. The lowest BCUT2D eigenvalue weighted by molar-refractivity contribution is 0.0617. The fourth-order valence-electron chi connectivity index (χ4n) is 4.24. The van der Waals surface area contributed by atoms with Crippen molar-refractivity contribution < 1.29 is 13.9 Å². The molecule has 0 radical (unpaired) electrons. The zero-order valence-corrected chi connectivity index (χ0v) is 18.4. The van der Waals surface area contributed by atoms with Crippen molar-refractivity contribution >= 4 is 12.0 Å². The molecule has 0 saturated heterocycles. The third-order valence-corrected chi connectivity index (χ3v) is 5.83. The van der Waals surface area contributed by atoms with Gasteiger partial charge in [0.1, 0.15) is 11.5 Å². The summed E-state index contributed by atoms with van der Waals surface area (Å²) in [5, 5.41) is 3.60. The van der Waals surface area contributed by atoms with Gasteiger partial charge in [0.25, 0.3) is 5.91 Å². The van der Waals surface area contributed by atoms with Gasteiger partial charge >= 0.3 is 0 Å². The lowest BCUT2D eigenvalue weighted by Crippen LogP contribution is -2.47. The summed E-state index contributed by atoms with van der Waals surface area (Å²) in [6.45, 7) is 8.48. The van der Waals surface area contributed by atoms with Crippen LogP contribution in [0.1, 0.15) is 74.9 Å². The number of carbonyl (C=O) groups excluding carboxylic acids is 1. The van der Waals surface area contributed by atoms with E-state index >= 15 is 0 Å². The number of hydrogen-bond acceptors (Lipinski definition) is 4. The van der Waals surface area contributed by atoms with E-state index < -0.39 is 0 Å². The molecule has 2 atom stereocenters. The first-order chi connectivity index (χ1) is 14.4. The minimum Gasteiger partial charge on any atom is -0.465 e. The molecule has 0 spiro atoms. The molecule has 2 N–H and O–H groups in total. The molecule has 6 nitrogen and oxygen atoms in total. The molecular weight excluding hydrogens is 383 g/mol. The first kappa shape index (κ1) is 22.3. The Kier molecular flexibility index (Phi) is 7.48. The van der Waals surface area contributed by atoms with E-state index in [0.717, 1.165) is 43.6 Å². The number of rotatable bonds is 7. The molecule has 2 unspecified atom stereocenters. The lowest BCUT2D eigenvalue weighted by Gasteiger charge is -2.37. The van der Waals surface area contributed by atoms with Gasteiger partial charge in [0, 0.05) is 30.7 Å². The molecule has 1 aliphatic carbocycles. The number of aromatic nitrogens is 2. The van der Waals surface area contributed by atoms with Crippen molar-refractivity contribution in [3.63, 3.8) is 0 Å². The average Bonchev–Trinajstić information content (AvgIpc) is 3.33. The summed E-state index contributed by atoms with van der Waals surface area (Å²) in [5.74, 6) is 1.80. The maximum absolute atomic E-state index is 13.3. The zero-order valence-electron chi connectivity index (χ0n) is 18.4. The fraction of sp³-hybridized carbons (Fsp3) is 0.565. The van der Waals surface area contributed by atoms with E-state index in [2.05, 4.69) is 21.4 Å². The molecular formula is C23H33FN4O2. The molecule has 1 aliphatic heterocycles. The normalized spacial score (nSPS) is 23.4. The van der Waals surface area contributed by atoms with Crippen LogP contribution in [0.25, 0.3) is 6.08 Å². The summed E-state index contributed by atoms with van der Waals surface area (Å²) in [5.41, 5.74) is 1.17. The van der Waals surface area contributed by atoms with Crippen molar-refractivity contribution in [1.29, 1.82) is 0 Å². The van der Waals surface area contributed by atoms with Gasteiger partial charge in [-0.05, 0) is 71.6 Å². The molecule has 2 aliphatic rings. The molecule has 1 aromatic heterocycles. The Bertz CT molecular complexity index is 851. The molecule has 0 bridgehead atoms. The molecule has 30 heavy (non-hydrogen) atoms. The van der Waals surface area contributed by atoms with Gasteiger partial charge in [-0.3, -0.25) is 4.79 Å². The highest BCUT2D eigenvalue weighted by Crippen LogP contribution is 2.26. The molecule has 1 amide bonds. The molecule has 1 fully saturated rings. The zero-order chi connectivity index (χ0) is 21.7. The van der Waals surface area contributed by atoms with Crippen LogP contribution in [-0.2, 0) is 4.74 Å². The monoisotopic (exact) mass is 416 g/mol. The molecule has 3 rings (SSSR count). The highest BCUT2D eigenvalue weighted by Gasteiger charge is 2.31. The van der Waals surface area contributed by atoms with Crippen LogP contribution in [-0.4, -0.2) is 45.9 Å². The van der Waals surface area contributed by atoms with E-state index in [1.165, 1.54) is 13.0 Å². The van der Waals surface area contributed by atoms with Crippen molar-refractivity contribution in [2.24, 2.45) is 0 Å². The van der Waals surface area contributed by atoms with Crippen LogP contribution in [0.15, 0.2) is 29.5 Å². The van der Waals surface area contributed by atoms with E-state index in [1.807, 2.05) is 24.8 Å². The second kappa shape index (κ2) is 10.1. The lowest BCUT2D eigenvalue weighted by atomic mass is 9.89. The Labute approximate surface area is 178 Å². The first-order valence-corrected chi connectivity index (χ1v) is 10.9. The number of nitrogens with one attached hydrogen (secondary N) is 2. The van der Waals surface area contributed by atoms with Crippen LogP contribution >= 0.6 is 0 Å². The minimum atomic E-state index is -0.333. The van der Waals surface area contributed by atoms with Crippen LogP contribution < -0.4 is 5.32 Å². The number of ether oxygens (including phenoxy) is 1. The molecule has 0 aromatic carbocycles. The Morgan fingerprint density at radius 3 is 2.93 bits per heavy atom. The highest BCUT2D eigenvalue weighted by atomic mass is 19.1. The number of aryl methyl sites for hydroxylation is 1. The number of nitrogens with zero attached hydrogens (tertiary/aromatic N) is 2. The molecule has 164 valence electrons. The maximum Gasteiger partial charge on any atom is 0.289 e. The fourth-order valence-corrected chi connectivity index (χ4v) is 4.24. The Morgan fingerprint density at radius 1 is 1.47 bits per heavy atom. The van der Waals surface area contributed by atoms with Crippen LogP contribution in [0.3, 0.4) is 0 Å². The number of halogens is 1. The van der Waals surface area contributed by atoms with Gasteiger partial charge in [-0.15, -0.1) is 0 Å². The second-order valence-corrected chi connectivity index (χ2v) is 8.05. The summed E-state index contributed by atoms with van der Waals surface area (Å²) in [6.07, 6.45) is 10.4. The van der Waals surface area contributed by atoms with Gasteiger partial charge in [-0.25, -0.2) is 9.37 Å². The van der Waals surface area contributed by atoms with Crippen LogP contribution in [0.4, 0.5) is 4.39 Å². The molecule has 2 heterocycles. The summed E-state index contributed by atoms with van der Waals surface area (Å²) >= 11 is 0.